The van der Waals surface area contributed by atoms with Crippen molar-refractivity contribution in [1.82, 2.24) is 21.3 Å². The molecule has 12 nitrogen and oxygen atoms in total. The molecule has 0 saturated heterocycles. The molecule has 80 heavy (non-hydrogen) atoms. The predicted octanol–water partition coefficient (Wildman–Crippen LogP) is 15.8. The van der Waals surface area contributed by atoms with Gasteiger partial charge in [0.05, 0.1) is 22.3 Å². The SMILES string of the molecule is CCCCCC1c2cc3c4c(CNCCC)c2OCOc2c1cc1c(c2CNCCC)OCOc2c(cc5c(c2CNCCC)OCOc2c(cc(c(c2CNCCC)OCO4)C3CCCCC)C5CCCCC)C1CCCCC. The largest absolute Gasteiger partial charge is 0.457 e. The summed E-state index contributed by atoms with van der Waals surface area (Å²) in [6, 6.07) is 10.1. The highest BCUT2D eigenvalue weighted by Crippen LogP contribution is 2.58. The molecule has 0 atom stereocenters. The van der Waals surface area contributed by atoms with Crippen molar-refractivity contribution in [2.45, 2.75) is 234 Å². The fraction of sp³-hybridized carbons (Fsp3) is 0.647. The molecule has 4 aliphatic heterocycles. The minimum atomic E-state index is -0.0612. The van der Waals surface area contributed by atoms with E-state index in [2.05, 4.69) is 101 Å². The van der Waals surface area contributed by atoms with Crippen molar-refractivity contribution in [3.8, 4) is 46.0 Å². The summed E-state index contributed by atoms with van der Waals surface area (Å²) >= 11 is 0. The highest BCUT2D eigenvalue weighted by atomic mass is 16.7. The van der Waals surface area contributed by atoms with Gasteiger partial charge in [0.15, 0.2) is 0 Å². The molecule has 0 unspecified atom stereocenters. The van der Waals surface area contributed by atoms with Crippen molar-refractivity contribution >= 4 is 0 Å². The molecule has 9 rings (SSSR count). The van der Waals surface area contributed by atoms with E-state index >= 15 is 0 Å². The molecular formula is C68H100N4O8. The van der Waals surface area contributed by atoms with E-state index in [1.54, 1.807) is 0 Å². The van der Waals surface area contributed by atoms with Crippen molar-refractivity contribution in [2.24, 2.45) is 0 Å². The Bertz CT molecular complexity index is 2170. The highest BCUT2D eigenvalue weighted by Gasteiger charge is 2.41. The number of hydrogen-bond acceptors (Lipinski definition) is 12. The average Bonchev–Trinajstić information content (AvgIpc) is 3.52. The predicted molar refractivity (Wildman–Crippen MR) is 322 cm³/mol. The van der Waals surface area contributed by atoms with E-state index in [4.69, 9.17) is 37.9 Å². The van der Waals surface area contributed by atoms with E-state index in [1.165, 1.54) is 44.5 Å². The topological polar surface area (TPSA) is 122 Å². The van der Waals surface area contributed by atoms with Crippen LogP contribution in [0.5, 0.6) is 46.0 Å². The smallest absolute Gasteiger partial charge is 0.230 e. The first-order valence-electron chi connectivity index (χ1n) is 32.1. The quantitative estimate of drug-likeness (QED) is 0.0348. The van der Waals surface area contributed by atoms with Gasteiger partial charge in [-0.2, -0.15) is 0 Å². The van der Waals surface area contributed by atoms with E-state index in [-0.39, 0.29) is 50.8 Å². The lowest BCUT2D eigenvalue weighted by Gasteiger charge is -2.38. The second kappa shape index (κ2) is 29.9. The second-order valence-corrected chi connectivity index (χ2v) is 23.3. The van der Waals surface area contributed by atoms with Gasteiger partial charge in [-0.1, -0.05) is 132 Å². The Balaban J connectivity index is 1.49. The standard InChI is InChI=1S/C68H100N4O8/c1-9-17-21-25-45-49-33-51-46(26-22-18-10-2)53-35-55-48(28-24-20-12-4)56-36-54-47(27-23-19-11-3)52-34-50(45)62-58(38-70-30-14-6)64(52)76-43-78-66(54)60(40-72-32-16-8)68(56)80-44-79-67(55)59(39-71-31-15-7)65(53)77-42-75-63(51)57(37-69-29-13-5)61(49)73-41-74-62/h33-36,45-48,69-72H,9-32,37-44H2,1-8H3. The zero-order valence-electron chi connectivity index (χ0n) is 50.5. The lowest BCUT2D eigenvalue weighted by atomic mass is 9.74. The van der Waals surface area contributed by atoms with E-state index in [0.717, 1.165) is 223 Å². The Kier molecular flexibility index (Phi) is 22.3. The summed E-state index contributed by atoms with van der Waals surface area (Å²) in [4.78, 5) is 0. The van der Waals surface area contributed by atoms with Gasteiger partial charge in [-0.05, 0) is 102 Å². The van der Waals surface area contributed by atoms with Gasteiger partial charge in [-0.3, -0.25) is 0 Å². The number of nitrogens with one attached hydrogen (secondary N) is 4. The number of unbranched alkanes of at least 4 members (excludes halogenated alkanes) is 8. The molecule has 4 aromatic carbocycles. The Labute approximate surface area is 481 Å². The molecule has 440 valence electrons. The summed E-state index contributed by atoms with van der Waals surface area (Å²) in [6.07, 6.45) is 20.9. The molecule has 0 amide bonds. The molecule has 12 heteroatoms. The molecule has 0 fully saturated rings. The van der Waals surface area contributed by atoms with Gasteiger partial charge >= 0.3 is 0 Å². The lowest BCUT2D eigenvalue weighted by Crippen LogP contribution is -2.28. The second-order valence-electron chi connectivity index (χ2n) is 23.3. The molecule has 5 aliphatic rings. The van der Waals surface area contributed by atoms with E-state index < -0.39 is 0 Å². The molecule has 4 aromatic rings. The van der Waals surface area contributed by atoms with Gasteiger partial charge in [0.2, 0.25) is 27.2 Å². The lowest BCUT2D eigenvalue weighted by molar-refractivity contribution is 0.0939. The molecule has 4 heterocycles. The minimum Gasteiger partial charge on any atom is -0.457 e. The molecule has 0 radical (unpaired) electrons. The Morgan fingerprint density at radius 3 is 0.625 bits per heavy atom. The van der Waals surface area contributed by atoms with Crippen molar-refractivity contribution in [2.75, 3.05) is 53.4 Å². The maximum atomic E-state index is 7.18. The van der Waals surface area contributed by atoms with Crippen LogP contribution in [0.2, 0.25) is 0 Å². The van der Waals surface area contributed by atoms with Crippen molar-refractivity contribution in [1.29, 1.82) is 0 Å². The Morgan fingerprint density at radius 2 is 0.463 bits per heavy atom. The number of hydrogen-bond donors (Lipinski definition) is 4. The van der Waals surface area contributed by atoms with E-state index in [0.29, 0.717) is 26.2 Å². The number of ether oxygens (including phenoxy) is 8. The first-order valence-corrected chi connectivity index (χ1v) is 32.1. The summed E-state index contributed by atoms with van der Waals surface area (Å²) in [5.74, 6) is 6.71. The van der Waals surface area contributed by atoms with Gasteiger partial charge in [0.25, 0.3) is 0 Å². The van der Waals surface area contributed by atoms with E-state index in [1.807, 2.05) is 0 Å². The monoisotopic (exact) mass is 1100 g/mol. The third-order valence-electron chi connectivity index (χ3n) is 17.5. The molecule has 0 saturated carbocycles. The zero-order chi connectivity index (χ0) is 55.8. The number of rotatable bonds is 32. The van der Waals surface area contributed by atoms with Crippen LogP contribution in [0.4, 0.5) is 0 Å². The first kappa shape index (κ1) is 59.7. The summed E-state index contributed by atoms with van der Waals surface area (Å²) in [7, 11) is 0. The van der Waals surface area contributed by atoms with Crippen LogP contribution in [0.15, 0.2) is 24.3 Å². The van der Waals surface area contributed by atoms with E-state index in [9.17, 15) is 0 Å². The summed E-state index contributed by atoms with van der Waals surface area (Å²) in [6.45, 7) is 24.2. The molecule has 8 bridgehead atoms. The summed E-state index contributed by atoms with van der Waals surface area (Å²) in [5, 5.41) is 15.4. The van der Waals surface area contributed by atoms with Gasteiger partial charge in [-0.15, -0.1) is 0 Å². The van der Waals surface area contributed by atoms with Crippen molar-refractivity contribution < 1.29 is 37.9 Å². The minimum absolute atomic E-state index is 0.0409. The fourth-order valence-corrected chi connectivity index (χ4v) is 13.5. The Hall–Kier alpha value is -4.88. The molecule has 0 spiro atoms. The molecule has 1 aliphatic carbocycles. The van der Waals surface area contributed by atoms with Crippen molar-refractivity contribution in [3.05, 3.63) is 91.0 Å². The number of benzene rings is 4. The van der Waals surface area contributed by atoms with Gasteiger partial charge in [0, 0.05) is 94.4 Å². The Morgan fingerprint density at radius 1 is 0.275 bits per heavy atom. The first-order chi connectivity index (χ1) is 39.5. The van der Waals surface area contributed by atoms with Crippen LogP contribution < -0.4 is 59.2 Å². The third kappa shape index (κ3) is 13.0. The normalized spacial score (nSPS) is 18.2. The van der Waals surface area contributed by atoms with Gasteiger partial charge in [-0.25, -0.2) is 0 Å². The van der Waals surface area contributed by atoms with Crippen LogP contribution in [0.25, 0.3) is 0 Å². The van der Waals surface area contributed by atoms with Crippen LogP contribution in [-0.2, 0) is 26.2 Å². The summed E-state index contributed by atoms with van der Waals surface area (Å²) < 4.78 is 57.4. The maximum absolute atomic E-state index is 7.18. The third-order valence-corrected chi connectivity index (χ3v) is 17.5. The van der Waals surface area contributed by atoms with Crippen LogP contribution in [0.1, 0.15) is 274 Å². The maximum Gasteiger partial charge on any atom is 0.230 e. The van der Waals surface area contributed by atoms with Crippen LogP contribution in [0.3, 0.4) is 0 Å². The zero-order valence-corrected chi connectivity index (χ0v) is 50.5. The molecule has 0 aromatic heterocycles. The average molecular weight is 1100 g/mol. The molecule has 4 N–H and O–H groups in total. The highest BCUT2D eigenvalue weighted by molar-refractivity contribution is 5.70. The van der Waals surface area contributed by atoms with Crippen LogP contribution >= 0.6 is 0 Å². The van der Waals surface area contributed by atoms with Crippen LogP contribution in [-0.4, -0.2) is 53.4 Å². The summed E-state index contributed by atoms with van der Waals surface area (Å²) in [5.41, 5.74) is 13.9. The molecular weight excluding hydrogens is 1000 g/mol. The van der Waals surface area contributed by atoms with Crippen molar-refractivity contribution in [3.63, 3.8) is 0 Å². The fourth-order valence-electron chi connectivity index (χ4n) is 13.5. The van der Waals surface area contributed by atoms with Crippen LogP contribution in [0, 0.1) is 0 Å². The van der Waals surface area contributed by atoms with Gasteiger partial charge in [0.1, 0.15) is 46.0 Å². The van der Waals surface area contributed by atoms with Gasteiger partial charge < -0.3 is 59.2 Å².